The molecular formula is C18H24O. The van der Waals surface area contributed by atoms with Gasteiger partial charge < -0.3 is 0 Å². The summed E-state index contributed by atoms with van der Waals surface area (Å²) in [6.45, 7) is 4.38. The van der Waals surface area contributed by atoms with E-state index in [1.807, 2.05) is 6.08 Å². The number of carbonyl (C=O) groups is 1. The molecule has 0 spiro atoms. The SMILES string of the molecule is C=C1CC[C@H]2CC[C@H]3[C@@H](CCC4=CC(=O)CC[C@@H]43)[C@H]12. The first-order valence-electron chi connectivity index (χ1n) is 8.15. The molecule has 0 heterocycles. The van der Waals surface area contributed by atoms with Gasteiger partial charge >= 0.3 is 0 Å². The van der Waals surface area contributed by atoms with E-state index in [2.05, 4.69) is 6.58 Å². The zero-order valence-corrected chi connectivity index (χ0v) is 11.7. The first-order valence-corrected chi connectivity index (χ1v) is 8.15. The first-order chi connectivity index (χ1) is 9.24. The van der Waals surface area contributed by atoms with Gasteiger partial charge in [0.15, 0.2) is 5.78 Å². The molecule has 3 fully saturated rings. The van der Waals surface area contributed by atoms with Gasteiger partial charge in [0.2, 0.25) is 0 Å². The Labute approximate surface area is 116 Å². The van der Waals surface area contributed by atoms with Crippen molar-refractivity contribution >= 4 is 5.78 Å². The van der Waals surface area contributed by atoms with Crippen LogP contribution in [-0.2, 0) is 4.79 Å². The normalized spacial score (nSPS) is 45.3. The van der Waals surface area contributed by atoms with Crippen LogP contribution in [0.15, 0.2) is 23.8 Å². The van der Waals surface area contributed by atoms with E-state index in [4.69, 9.17) is 0 Å². The number of rotatable bonds is 0. The molecule has 1 nitrogen and oxygen atoms in total. The average Bonchev–Trinajstić information content (AvgIpc) is 2.80. The Balaban J connectivity index is 1.64. The number of carbonyl (C=O) groups excluding carboxylic acids is 1. The Morgan fingerprint density at radius 1 is 0.947 bits per heavy atom. The van der Waals surface area contributed by atoms with E-state index >= 15 is 0 Å². The summed E-state index contributed by atoms with van der Waals surface area (Å²) in [7, 11) is 0. The summed E-state index contributed by atoms with van der Waals surface area (Å²) < 4.78 is 0. The minimum absolute atomic E-state index is 0.378. The third-order valence-electron chi connectivity index (χ3n) is 6.51. The van der Waals surface area contributed by atoms with Crippen LogP contribution in [0.3, 0.4) is 0 Å². The van der Waals surface area contributed by atoms with Gasteiger partial charge in [0.05, 0.1) is 0 Å². The van der Waals surface area contributed by atoms with Crippen LogP contribution in [0, 0.1) is 29.6 Å². The summed E-state index contributed by atoms with van der Waals surface area (Å²) in [5.74, 6) is 4.66. The average molecular weight is 256 g/mol. The van der Waals surface area contributed by atoms with Crippen molar-refractivity contribution in [3.63, 3.8) is 0 Å². The standard InChI is InChI=1S/C18H24O/c1-11-2-3-12-4-7-16-15-9-6-14(19)10-13(15)5-8-17(16)18(11)12/h10,12,15-18H,1-9H2/t12-,15-,16+,17+,18+/m0/s1. The van der Waals surface area contributed by atoms with Crippen LogP contribution in [-0.4, -0.2) is 5.78 Å². The van der Waals surface area contributed by atoms with Crippen molar-refractivity contribution in [3.05, 3.63) is 23.8 Å². The molecule has 0 unspecified atom stereocenters. The van der Waals surface area contributed by atoms with Crippen LogP contribution >= 0.6 is 0 Å². The monoisotopic (exact) mass is 256 g/mol. The Morgan fingerprint density at radius 3 is 2.74 bits per heavy atom. The molecule has 102 valence electrons. The van der Waals surface area contributed by atoms with Gasteiger partial charge in [0, 0.05) is 6.42 Å². The lowest BCUT2D eigenvalue weighted by Crippen LogP contribution is -2.41. The molecule has 0 aromatic rings. The molecule has 0 N–H and O–H groups in total. The third-order valence-corrected chi connectivity index (χ3v) is 6.51. The molecule has 0 bridgehead atoms. The molecule has 0 aromatic carbocycles. The molecule has 0 saturated heterocycles. The lowest BCUT2D eigenvalue weighted by atomic mass is 9.56. The highest BCUT2D eigenvalue weighted by Gasteiger charge is 2.48. The molecule has 3 saturated carbocycles. The topological polar surface area (TPSA) is 17.1 Å². The van der Waals surface area contributed by atoms with E-state index in [9.17, 15) is 4.79 Å². The third kappa shape index (κ3) is 1.77. The van der Waals surface area contributed by atoms with Crippen LogP contribution in [0.5, 0.6) is 0 Å². The Morgan fingerprint density at radius 2 is 1.84 bits per heavy atom. The smallest absolute Gasteiger partial charge is 0.155 e. The van der Waals surface area contributed by atoms with Gasteiger partial charge in [-0.25, -0.2) is 0 Å². The summed E-state index contributed by atoms with van der Waals surface area (Å²) in [5.41, 5.74) is 3.05. The van der Waals surface area contributed by atoms with Crippen molar-refractivity contribution in [2.24, 2.45) is 29.6 Å². The van der Waals surface area contributed by atoms with Crippen molar-refractivity contribution in [3.8, 4) is 0 Å². The molecule has 5 atom stereocenters. The highest BCUT2D eigenvalue weighted by atomic mass is 16.1. The van der Waals surface area contributed by atoms with Gasteiger partial charge in [-0.15, -0.1) is 0 Å². The largest absolute Gasteiger partial charge is 0.295 e. The lowest BCUT2D eigenvalue weighted by Gasteiger charge is -2.49. The van der Waals surface area contributed by atoms with Gasteiger partial charge in [-0.2, -0.15) is 0 Å². The van der Waals surface area contributed by atoms with Crippen LogP contribution in [0.4, 0.5) is 0 Å². The van der Waals surface area contributed by atoms with Crippen LogP contribution in [0.1, 0.15) is 51.4 Å². The maximum absolute atomic E-state index is 11.6. The Kier molecular flexibility index (Phi) is 2.72. The van der Waals surface area contributed by atoms with Crippen molar-refractivity contribution in [1.82, 2.24) is 0 Å². The van der Waals surface area contributed by atoms with Crippen LogP contribution < -0.4 is 0 Å². The van der Waals surface area contributed by atoms with E-state index in [-0.39, 0.29) is 0 Å². The fourth-order valence-corrected chi connectivity index (χ4v) is 5.76. The quantitative estimate of drug-likeness (QED) is 0.591. The maximum atomic E-state index is 11.6. The van der Waals surface area contributed by atoms with E-state index in [0.29, 0.717) is 5.78 Å². The Hall–Kier alpha value is -0.850. The molecule has 4 aliphatic carbocycles. The van der Waals surface area contributed by atoms with Gasteiger partial charge in [0.1, 0.15) is 0 Å². The highest BCUT2D eigenvalue weighted by molar-refractivity contribution is 5.91. The van der Waals surface area contributed by atoms with Crippen molar-refractivity contribution in [2.75, 3.05) is 0 Å². The van der Waals surface area contributed by atoms with Crippen LogP contribution in [0.2, 0.25) is 0 Å². The lowest BCUT2D eigenvalue weighted by molar-refractivity contribution is -0.115. The molecule has 1 heteroatoms. The summed E-state index contributed by atoms with van der Waals surface area (Å²) >= 11 is 0. The first kappa shape index (κ1) is 11.9. The van der Waals surface area contributed by atoms with Crippen LogP contribution in [0.25, 0.3) is 0 Å². The molecule has 19 heavy (non-hydrogen) atoms. The zero-order valence-electron chi connectivity index (χ0n) is 11.7. The van der Waals surface area contributed by atoms with Crippen molar-refractivity contribution in [1.29, 1.82) is 0 Å². The fourth-order valence-electron chi connectivity index (χ4n) is 5.76. The number of allylic oxidation sites excluding steroid dienone is 2. The molecule has 0 amide bonds. The molecule has 0 radical (unpaired) electrons. The number of ketones is 1. The number of hydrogen-bond donors (Lipinski definition) is 0. The summed E-state index contributed by atoms with van der Waals surface area (Å²) in [4.78, 5) is 11.6. The van der Waals surface area contributed by atoms with Crippen molar-refractivity contribution in [2.45, 2.75) is 51.4 Å². The molecule has 4 rings (SSSR count). The summed E-state index contributed by atoms with van der Waals surface area (Å²) in [5, 5.41) is 0. The molecule has 4 aliphatic rings. The minimum atomic E-state index is 0.378. The Bertz CT molecular complexity index is 458. The number of hydrogen-bond acceptors (Lipinski definition) is 1. The van der Waals surface area contributed by atoms with Gasteiger partial charge in [-0.1, -0.05) is 17.7 Å². The molecule has 0 aromatic heterocycles. The second kappa shape index (κ2) is 4.33. The van der Waals surface area contributed by atoms with Gasteiger partial charge in [-0.3, -0.25) is 4.79 Å². The second-order valence-corrected chi connectivity index (χ2v) is 7.26. The maximum Gasteiger partial charge on any atom is 0.155 e. The summed E-state index contributed by atoms with van der Waals surface area (Å²) in [6.07, 6.45) is 12.0. The molecule has 0 aliphatic heterocycles. The highest BCUT2D eigenvalue weighted by Crippen LogP contribution is 2.57. The minimum Gasteiger partial charge on any atom is -0.295 e. The number of fused-ring (bicyclic) bond motifs is 5. The molecular weight excluding hydrogens is 232 g/mol. The second-order valence-electron chi connectivity index (χ2n) is 7.26. The predicted octanol–water partition coefficient (Wildman–Crippen LogP) is 4.29. The van der Waals surface area contributed by atoms with Gasteiger partial charge in [0.25, 0.3) is 0 Å². The zero-order chi connectivity index (χ0) is 13.0. The fraction of sp³-hybridized carbons (Fsp3) is 0.722. The predicted molar refractivity (Wildman–Crippen MR) is 76.6 cm³/mol. The van der Waals surface area contributed by atoms with E-state index < -0.39 is 0 Å². The van der Waals surface area contributed by atoms with Gasteiger partial charge in [-0.05, 0) is 80.6 Å². The van der Waals surface area contributed by atoms with E-state index in [0.717, 1.165) is 42.4 Å². The van der Waals surface area contributed by atoms with Crippen molar-refractivity contribution < 1.29 is 4.79 Å². The summed E-state index contributed by atoms with van der Waals surface area (Å²) in [6, 6.07) is 0. The van der Waals surface area contributed by atoms with E-state index in [1.54, 1.807) is 5.57 Å². The van der Waals surface area contributed by atoms with E-state index in [1.165, 1.54) is 44.1 Å².